The molecule has 0 radical (unpaired) electrons. The number of imidazole rings is 1. The fraction of sp³-hybridized carbons (Fsp3) is 0.190. The number of carbonyl (C=O) groups is 1. The monoisotopic (exact) mass is 392 g/mol. The number of fused-ring (bicyclic) bond motifs is 1. The van der Waals surface area contributed by atoms with Crippen molar-refractivity contribution in [2.24, 2.45) is 0 Å². The maximum Gasteiger partial charge on any atom is 0.338 e. The van der Waals surface area contributed by atoms with E-state index in [4.69, 9.17) is 14.9 Å². The highest BCUT2D eigenvalue weighted by atomic mass is 16.5. The van der Waals surface area contributed by atoms with Crippen LogP contribution in [-0.2, 0) is 4.74 Å². The molecule has 2 heterocycles. The van der Waals surface area contributed by atoms with E-state index >= 15 is 0 Å². The number of aromatic nitrogens is 2. The molecule has 0 unspecified atom stereocenters. The van der Waals surface area contributed by atoms with Gasteiger partial charge in [0.15, 0.2) is 0 Å². The summed E-state index contributed by atoms with van der Waals surface area (Å²) in [6.07, 6.45) is 0. The van der Waals surface area contributed by atoms with Gasteiger partial charge in [0.2, 0.25) is 0 Å². The van der Waals surface area contributed by atoms with E-state index < -0.39 is 5.97 Å². The van der Waals surface area contributed by atoms with E-state index in [2.05, 4.69) is 9.97 Å². The first-order valence-electron chi connectivity index (χ1n) is 9.11. The van der Waals surface area contributed by atoms with E-state index in [-0.39, 0.29) is 18.1 Å². The van der Waals surface area contributed by atoms with E-state index in [1.807, 2.05) is 12.1 Å². The zero-order chi connectivity index (χ0) is 20.5. The van der Waals surface area contributed by atoms with Crippen molar-refractivity contribution >= 4 is 34.1 Å². The first-order valence-corrected chi connectivity index (χ1v) is 9.11. The number of hydrogen-bond acceptors (Lipinski definition) is 6. The summed E-state index contributed by atoms with van der Waals surface area (Å²) in [5.74, 6) is 0.889. The third-order valence-electron chi connectivity index (χ3n) is 4.72. The Morgan fingerprint density at radius 1 is 1.28 bits per heavy atom. The average molecular weight is 392 g/mol. The SMILES string of the molecule is CCOC(=O)c1ccc(N2CC(O)=C(c3nc4ccc(OC)cc4[nH]3)C2=N)cc1. The zero-order valence-electron chi connectivity index (χ0n) is 16.0. The van der Waals surface area contributed by atoms with Crippen LogP contribution in [0.1, 0.15) is 23.1 Å². The molecule has 0 amide bonds. The van der Waals surface area contributed by atoms with Crippen LogP contribution in [0.4, 0.5) is 5.69 Å². The van der Waals surface area contributed by atoms with Crippen LogP contribution in [-0.4, -0.2) is 47.1 Å². The van der Waals surface area contributed by atoms with Crippen LogP contribution >= 0.6 is 0 Å². The van der Waals surface area contributed by atoms with Crippen LogP contribution in [0.3, 0.4) is 0 Å². The number of amidine groups is 1. The number of ether oxygens (including phenoxy) is 2. The highest BCUT2D eigenvalue weighted by Crippen LogP contribution is 2.31. The van der Waals surface area contributed by atoms with E-state index in [1.54, 1.807) is 49.3 Å². The van der Waals surface area contributed by atoms with Crippen molar-refractivity contribution in [2.45, 2.75) is 6.92 Å². The number of anilines is 1. The lowest BCUT2D eigenvalue weighted by molar-refractivity contribution is 0.0526. The molecule has 4 rings (SSSR count). The Morgan fingerprint density at radius 2 is 2.03 bits per heavy atom. The summed E-state index contributed by atoms with van der Waals surface area (Å²) in [6, 6.07) is 12.2. The predicted octanol–water partition coefficient (Wildman–Crippen LogP) is 3.51. The second-order valence-corrected chi connectivity index (χ2v) is 6.49. The molecular weight excluding hydrogens is 372 g/mol. The Morgan fingerprint density at radius 3 is 2.72 bits per heavy atom. The van der Waals surface area contributed by atoms with Crippen molar-refractivity contribution < 1.29 is 19.4 Å². The molecular formula is C21H20N4O4. The largest absolute Gasteiger partial charge is 0.509 e. The van der Waals surface area contributed by atoms with Crippen LogP contribution in [0.2, 0.25) is 0 Å². The lowest BCUT2D eigenvalue weighted by Gasteiger charge is -2.18. The Balaban J connectivity index is 1.61. The van der Waals surface area contributed by atoms with Crippen LogP contribution in [0.15, 0.2) is 48.2 Å². The lowest BCUT2D eigenvalue weighted by atomic mass is 10.2. The van der Waals surface area contributed by atoms with E-state index in [1.165, 1.54) is 0 Å². The number of benzene rings is 2. The Bertz CT molecular complexity index is 1130. The molecule has 1 aromatic heterocycles. The highest BCUT2D eigenvalue weighted by Gasteiger charge is 2.31. The summed E-state index contributed by atoms with van der Waals surface area (Å²) in [5.41, 5.74) is 2.93. The number of nitrogens with zero attached hydrogens (tertiary/aromatic N) is 2. The van der Waals surface area contributed by atoms with Gasteiger partial charge in [0.1, 0.15) is 23.2 Å². The minimum absolute atomic E-state index is 0.0514. The van der Waals surface area contributed by atoms with Crippen molar-refractivity contribution in [1.29, 1.82) is 5.41 Å². The minimum atomic E-state index is -0.394. The summed E-state index contributed by atoms with van der Waals surface area (Å²) in [6.45, 7) is 2.21. The van der Waals surface area contributed by atoms with Crippen LogP contribution < -0.4 is 9.64 Å². The van der Waals surface area contributed by atoms with Gasteiger partial charge in [-0.1, -0.05) is 0 Å². The van der Waals surface area contributed by atoms with Gasteiger partial charge in [-0.25, -0.2) is 9.78 Å². The molecule has 0 saturated heterocycles. The first kappa shape index (κ1) is 18.5. The summed E-state index contributed by atoms with van der Waals surface area (Å²) in [7, 11) is 1.59. The Kier molecular flexibility index (Phi) is 4.67. The average Bonchev–Trinajstić information content (AvgIpc) is 3.27. The molecule has 0 aliphatic carbocycles. The number of hydrogen-bond donors (Lipinski definition) is 3. The molecule has 8 nitrogen and oxygen atoms in total. The molecule has 1 aliphatic rings. The van der Waals surface area contributed by atoms with Gasteiger partial charge in [0.05, 0.1) is 42.4 Å². The minimum Gasteiger partial charge on any atom is -0.509 e. The summed E-state index contributed by atoms with van der Waals surface area (Å²) < 4.78 is 10.2. The number of aliphatic hydroxyl groups excluding tert-OH is 1. The topological polar surface area (TPSA) is 112 Å². The number of aromatic amines is 1. The molecule has 0 atom stereocenters. The normalized spacial score (nSPS) is 14.0. The standard InChI is InChI=1S/C21H20N4O4/c1-3-29-21(27)12-4-6-13(7-5-12)25-11-17(26)18(19(25)22)20-23-15-9-8-14(28-2)10-16(15)24-20/h4-10,22,26H,3,11H2,1-2H3,(H,23,24). The number of methoxy groups -OCH3 is 1. The number of esters is 1. The Labute approximate surface area is 166 Å². The fourth-order valence-electron chi connectivity index (χ4n) is 3.27. The highest BCUT2D eigenvalue weighted by molar-refractivity contribution is 6.30. The number of aliphatic hydroxyl groups is 1. The lowest BCUT2D eigenvalue weighted by Crippen LogP contribution is -2.26. The van der Waals surface area contributed by atoms with Crippen molar-refractivity contribution in [2.75, 3.05) is 25.2 Å². The van der Waals surface area contributed by atoms with Crippen molar-refractivity contribution in [3.05, 3.63) is 59.6 Å². The number of rotatable bonds is 5. The molecule has 2 aromatic carbocycles. The van der Waals surface area contributed by atoms with Crippen molar-refractivity contribution in [1.82, 2.24) is 9.97 Å². The van der Waals surface area contributed by atoms with Gasteiger partial charge in [0, 0.05) is 11.8 Å². The number of carbonyl (C=O) groups excluding carboxylic acids is 1. The predicted molar refractivity (Wildman–Crippen MR) is 110 cm³/mol. The van der Waals surface area contributed by atoms with Gasteiger partial charge in [-0.05, 0) is 43.3 Å². The van der Waals surface area contributed by atoms with E-state index in [0.29, 0.717) is 40.5 Å². The molecule has 148 valence electrons. The van der Waals surface area contributed by atoms with Gasteiger partial charge < -0.3 is 24.5 Å². The molecule has 29 heavy (non-hydrogen) atoms. The summed E-state index contributed by atoms with van der Waals surface area (Å²) >= 11 is 0. The van der Waals surface area contributed by atoms with Gasteiger partial charge in [0.25, 0.3) is 0 Å². The first-order chi connectivity index (χ1) is 14.0. The van der Waals surface area contributed by atoms with Gasteiger partial charge in [-0.3, -0.25) is 5.41 Å². The molecule has 0 saturated carbocycles. The molecule has 0 spiro atoms. The second kappa shape index (κ2) is 7.31. The van der Waals surface area contributed by atoms with Crippen LogP contribution in [0.5, 0.6) is 5.75 Å². The third-order valence-corrected chi connectivity index (χ3v) is 4.72. The third kappa shape index (κ3) is 3.29. The molecule has 8 heteroatoms. The van der Waals surface area contributed by atoms with Gasteiger partial charge in [-0.2, -0.15) is 0 Å². The van der Waals surface area contributed by atoms with Crippen LogP contribution in [0.25, 0.3) is 16.6 Å². The molecule has 3 N–H and O–H groups in total. The van der Waals surface area contributed by atoms with Crippen molar-refractivity contribution in [3.8, 4) is 5.75 Å². The summed E-state index contributed by atoms with van der Waals surface area (Å²) in [5, 5.41) is 19.1. The van der Waals surface area contributed by atoms with E-state index in [0.717, 1.165) is 5.52 Å². The molecule has 1 aliphatic heterocycles. The number of nitrogens with one attached hydrogen (secondary N) is 2. The number of H-pyrrole nitrogens is 1. The molecule has 0 bridgehead atoms. The van der Waals surface area contributed by atoms with Gasteiger partial charge >= 0.3 is 5.97 Å². The second-order valence-electron chi connectivity index (χ2n) is 6.49. The molecule has 3 aromatic rings. The summed E-state index contributed by atoms with van der Waals surface area (Å²) in [4.78, 5) is 21.1. The van der Waals surface area contributed by atoms with Gasteiger partial charge in [-0.15, -0.1) is 0 Å². The van der Waals surface area contributed by atoms with Crippen molar-refractivity contribution in [3.63, 3.8) is 0 Å². The fourth-order valence-corrected chi connectivity index (χ4v) is 3.27. The molecule has 0 fully saturated rings. The Hall–Kier alpha value is -3.81. The quantitative estimate of drug-likeness (QED) is 0.573. The van der Waals surface area contributed by atoms with Crippen LogP contribution in [0, 0.1) is 5.41 Å². The van der Waals surface area contributed by atoms with E-state index in [9.17, 15) is 9.90 Å². The maximum absolute atomic E-state index is 11.8. The smallest absolute Gasteiger partial charge is 0.338 e. The zero-order valence-corrected chi connectivity index (χ0v) is 16.0. The maximum atomic E-state index is 11.8.